The summed E-state index contributed by atoms with van der Waals surface area (Å²) >= 11 is 7.04. The smallest absolute Gasteiger partial charge is 0.170 e. The van der Waals surface area contributed by atoms with E-state index in [0.717, 1.165) is 24.2 Å². The number of anilines is 1. The fraction of sp³-hybridized carbons (Fsp3) is 0.188. The summed E-state index contributed by atoms with van der Waals surface area (Å²) in [5, 5.41) is 9.08. The quantitative estimate of drug-likeness (QED) is 0.625. The van der Waals surface area contributed by atoms with Gasteiger partial charge in [0.1, 0.15) is 5.76 Å². The predicted molar refractivity (Wildman–Crippen MR) is 94.7 cm³/mol. The van der Waals surface area contributed by atoms with Gasteiger partial charge in [0, 0.05) is 22.7 Å². The summed E-state index contributed by atoms with van der Waals surface area (Å²) in [5.41, 5.74) is 1.90. The molecule has 0 amide bonds. The van der Waals surface area contributed by atoms with E-state index in [1.54, 1.807) is 18.4 Å². The van der Waals surface area contributed by atoms with Crippen molar-refractivity contribution in [2.75, 3.05) is 19.0 Å². The molecule has 0 atom stereocenters. The summed E-state index contributed by atoms with van der Waals surface area (Å²) in [7, 11) is 1.61. The molecule has 0 spiro atoms. The lowest BCUT2D eigenvalue weighted by atomic mass is 10.2. The number of rotatable bonds is 6. The van der Waals surface area contributed by atoms with Crippen molar-refractivity contribution in [1.82, 2.24) is 5.32 Å². The molecule has 21 heavy (non-hydrogen) atoms. The van der Waals surface area contributed by atoms with Crippen LogP contribution in [0, 0.1) is 0 Å². The largest absolute Gasteiger partial charge is 0.497 e. The number of ether oxygens (including phenoxy) is 1. The van der Waals surface area contributed by atoms with Gasteiger partial charge in [-0.05, 0) is 54.4 Å². The highest BCUT2D eigenvalue weighted by atomic mass is 32.1. The zero-order chi connectivity index (χ0) is 15.1. The Labute approximate surface area is 134 Å². The van der Waals surface area contributed by atoms with Crippen molar-refractivity contribution in [1.29, 1.82) is 0 Å². The summed E-state index contributed by atoms with van der Waals surface area (Å²) < 4.78 is 5.09. The van der Waals surface area contributed by atoms with E-state index in [1.165, 1.54) is 4.88 Å². The van der Waals surface area contributed by atoms with Crippen LogP contribution in [0.4, 0.5) is 5.69 Å². The van der Waals surface area contributed by atoms with Crippen molar-refractivity contribution in [3.05, 3.63) is 58.8 Å². The lowest BCUT2D eigenvalue weighted by Gasteiger charge is -2.11. The molecular formula is C16H18N2OS2. The molecule has 1 aromatic heterocycles. The first-order chi connectivity index (χ1) is 10.2. The van der Waals surface area contributed by atoms with E-state index >= 15 is 0 Å². The molecule has 0 unspecified atom stereocenters. The maximum atomic E-state index is 5.28. The summed E-state index contributed by atoms with van der Waals surface area (Å²) in [6.45, 7) is 4.64. The van der Waals surface area contributed by atoms with E-state index in [0.29, 0.717) is 10.9 Å². The molecule has 1 heterocycles. The molecule has 0 bridgehead atoms. The Morgan fingerprint density at radius 2 is 2.05 bits per heavy atom. The van der Waals surface area contributed by atoms with Gasteiger partial charge in [-0.3, -0.25) is 0 Å². The van der Waals surface area contributed by atoms with Crippen molar-refractivity contribution in [3.8, 4) is 0 Å². The van der Waals surface area contributed by atoms with Crippen LogP contribution in [0.1, 0.15) is 10.4 Å². The van der Waals surface area contributed by atoms with Gasteiger partial charge in [0.05, 0.1) is 7.11 Å². The summed E-state index contributed by atoms with van der Waals surface area (Å²) in [4.78, 5) is 1.35. The maximum Gasteiger partial charge on any atom is 0.170 e. The van der Waals surface area contributed by atoms with Gasteiger partial charge >= 0.3 is 0 Å². The highest BCUT2D eigenvalue weighted by molar-refractivity contribution is 7.80. The second-order valence-electron chi connectivity index (χ2n) is 4.41. The first-order valence-corrected chi connectivity index (χ1v) is 7.88. The van der Waals surface area contributed by atoms with E-state index in [1.807, 2.05) is 24.3 Å². The Bertz CT molecular complexity index is 591. The molecular weight excluding hydrogens is 300 g/mol. The Balaban J connectivity index is 1.78. The topological polar surface area (TPSA) is 33.3 Å². The average Bonchev–Trinajstić information content (AvgIpc) is 3.00. The third kappa shape index (κ3) is 4.88. The van der Waals surface area contributed by atoms with E-state index in [-0.39, 0.29) is 0 Å². The molecule has 2 rings (SSSR count). The van der Waals surface area contributed by atoms with Crippen molar-refractivity contribution in [2.45, 2.75) is 6.42 Å². The van der Waals surface area contributed by atoms with Crippen LogP contribution in [0.25, 0.3) is 5.76 Å². The molecule has 2 N–H and O–H groups in total. The SMILES string of the molecule is C=C(OC)c1ccc(NC(=S)NCCc2cccs2)cc1. The van der Waals surface area contributed by atoms with E-state index in [9.17, 15) is 0 Å². The van der Waals surface area contributed by atoms with E-state index in [4.69, 9.17) is 17.0 Å². The lowest BCUT2D eigenvalue weighted by Crippen LogP contribution is -2.30. The first-order valence-electron chi connectivity index (χ1n) is 6.59. The Hall–Kier alpha value is -1.85. The minimum atomic E-state index is 0.630. The van der Waals surface area contributed by atoms with E-state index < -0.39 is 0 Å². The molecule has 0 saturated heterocycles. The first kappa shape index (κ1) is 15.5. The molecule has 0 fully saturated rings. The normalized spacial score (nSPS) is 9.95. The molecule has 0 aliphatic carbocycles. The third-order valence-electron chi connectivity index (χ3n) is 2.95. The van der Waals surface area contributed by atoms with Crippen LogP contribution in [-0.4, -0.2) is 18.8 Å². The van der Waals surface area contributed by atoms with Crippen LogP contribution in [0.2, 0.25) is 0 Å². The monoisotopic (exact) mass is 318 g/mol. The van der Waals surface area contributed by atoms with Gasteiger partial charge in [-0.2, -0.15) is 0 Å². The zero-order valence-corrected chi connectivity index (χ0v) is 13.5. The van der Waals surface area contributed by atoms with Crippen LogP contribution in [0.15, 0.2) is 48.4 Å². The molecule has 3 nitrogen and oxygen atoms in total. The second-order valence-corrected chi connectivity index (χ2v) is 5.86. The molecule has 0 aliphatic heterocycles. The minimum Gasteiger partial charge on any atom is -0.497 e. The molecule has 1 aromatic carbocycles. The van der Waals surface area contributed by atoms with Crippen molar-refractivity contribution in [2.24, 2.45) is 0 Å². The Morgan fingerprint density at radius 3 is 2.67 bits per heavy atom. The fourth-order valence-corrected chi connectivity index (χ4v) is 2.72. The summed E-state index contributed by atoms with van der Waals surface area (Å²) in [6.07, 6.45) is 0.978. The third-order valence-corrected chi connectivity index (χ3v) is 4.13. The Kier molecular flexibility index (Phi) is 5.78. The van der Waals surface area contributed by atoms with Crippen molar-refractivity contribution < 1.29 is 4.74 Å². The number of thiocarbonyl (C=S) groups is 1. The molecule has 0 radical (unpaired) electrons. The van der Waals surface area contributed by atoms with Gasteiger partial charge in [-0.15, -0.1) is 11.3 Å². The zero-order valence-electron chi connectivity index (χ0n) is 11.9. The lowest BCUT2D eigenvalue weighted by molar-refractivity contribution is 0.371. The van der Waals surface area contributed by atoms with Crippen LogP contribution < -0.4 is 10.6 Å². The van der Waals surface area contributed by atoms with Crippen LogP contribution in [-0.2, 0) is 11.2 Å². The van der Waals surface area contributed by atoms with Crippen LogP contribution in [0.5, 0.6) is 0 Å². The predicted octanol–water partition coefficient (Wildman–Crippen LogP) is 3.89. The highest BCUT2D eigenvalue weighted by Gasteiger charge is 2.01. The maximum absolute atomic E-state index is 5.28. The molecule has 110 valence electrons. The number of benzene rings is 1. The number of nitrogens with one attached hydrogen (secondary N) is 2. The molecule has 0 saturated carbocycles. The van der Waals surface area contributed by atoms with Gasteiger partial charge in [0.2, 0.25) is 0 Å². The van der Waals surface area contributed by atoms with Crippen LogP contribution >= 0.6 is 23.6 Å². The van der Waals surface area contributed by atoms with Gasteiger partial charge < -0.3 is 15.4 Å². The van der Waals surface area contributed by atoms with Crippen molar-refractivity contribution >= 4 is 40.1 Å². The fourth-order valence-electron chi connectivity index (χ4n) is 1.79. The molecule has 2 aromatic rings. The molecule has 5 heteroatoms. The number of methoxy groups -OCH3 is 1. The molecule has 0 aliphatic rings. The second kappa shape index (κ2) is 7.81. The highest BCUT2D eigenvalue weighted by Crippen LogP contribution is 2.16. The minimum absolute atomic E-state index is 0.630. The van der Waals surface area contributed by atoms with Crippen LogP contribution in [0.3, 0.4) is 0 Å². The standard InChI is InChI=1S/C16H18N2OS2/c1-12(19-2)13-5-7-14(8-6-13)18-16(20)17-10-9-15-4-3-11-21-15/h3-8,11H,1,9-10H2,2H3,(H2,17,18,20). The van der Waals surface area contributed by atoms with Gasteiger partial charge in [-0.1, -0.05) is 12.6 Å². The van der Waals surface area contributed by atoms with Crippen molar-refractivity contribution in [3.63, 3.8) is 0 Å². The van der Waals surface area contributed by atoms with Gasteiger partial charge in [0.15, 0.2) is 5.11 Å². The Morgan fingerprint density at radius 1 is 1.29 bits per heavy atom. The number of hydrogen-bond donors (Lipinski definition) is 2. The number of hydrogen-bond acceptors (Lipinski definition) is 3. The van der Waals surface area contributed by atoms with Gasteiger partial charge in [-0.25, -0.2) is 0 Å². The summed E-state index contributed by atoms with van der Waals surface area (Å²) in [5.74, 6) is 0.651. The summed E-state index contributed by atoms with van der Waals surface area (Å²) in [6, 6.07) is 12.0. The van der Waals surface area contributed by atoms with Gasteiger partial charge in [0.25, 0.3) is 0 Å². The average molecular weight is 318 g/mol. The number of thiophene rings is 1. The van der Waals surface area contributed by atoms with E-state index in [2.05, 4.69) is 34.7 Å².